The first-order valence-corrected chi connectivity index (χ1v) is 14.9. The number of rotatable bonds is 9. The minimum atomic E-state index is -0.306. The van der Waals surface area contributed by atoms with E-state index in [0.717, 1.165) is 47.9 Å². The number of benzene rings is 4. The van der Waals surface area contributed by atoms with Gasteiger partial charge in [0.25, 0.3) is 5.91 Å². The molecule has 5 rings (SSSR count). The number of ether oxygens (including phenoxy) is 1. The van der Waals surface area contributed by atoms with Gasteiger partial charge in [-0.2, -0.15) is 5.10 Å². The Morgan fingerprint density at radius 2 is 1.73 bits per heavy atom. The van der Waals surface area contributed by atoms with E-state index in [4.69, 9.17) is 16.3 Å². The summed E-state index contributed by atoms with van der Waals surface area (Å²) in [4.78, 5) is 17.2. The molecule has 0 aliphatic carbocycles. The Kier molecular flexibility index (Phi) is 9.28. The lowest BCUT2D eigenvalue weighted by Gasteiger charge is -2.09. The lowest BCUT2D eigenvalue weighted by atomic mass is 10.1. The van der Waals surface area contributed by atoms with Crippen molar-refractivity contribution < 1.29 is 9.53 Å². The minimum absolute atomic E-state index is 0.306. The quantitative estimate of drug-likeness (QED) is 0.119. The third-order valence-corrected chi connectivity index (χ3v) is 7.84. The molecule has 10 heteroatoms. The summed E-state index contributed by atoms with van der Waals surface area (Å²) in [5.41, 5.74) is 7.59. The largest absolute Gasteiger partial charge is 0.488 e. The van der Waals surface area contributed by atoms with Gasteiger partial charge in [0, 0.05) is 31.7 Å². The summed E-state index contributed by atoms with van der Waals surface area (Å²) in [7, 11) is 0. The van der Waals surface area contributed by atoms with E-state index in [1.165, 1.54) is 11.3 Å². The molecule has 200 valence electrons. The van der Waals surface area contributed by atoms with Crippen LogP contribution in [0.5, 0.6) is 5.75 Å². The second-order valence-corrected chi connectivity index (χ2v) is 11.6. The van der Waals surface area contributed by atoms with Gasteiger partial charge in [-0.05, 0) is 93.8 Å². The van der Waals surface area contributed by atoms with Crippen molar-refractivity contribution in [3.63, 3.8) is 0 Å². The molecule has 1 aromatic heterocycles. The van der Waals surface area contributed by atoms with Crippen LogP contribution in [0.25, 0.3) is 11.3 Å². The highest BCUT2D eigenvalue weighted by molar-refractivity contribution is 9.10. The molecule has 0 spiro atoms. The Morgan fingerprint density at radius 1 is 0.975 bits per heavy atom. The molecule has 4 aromatic carbocycles. The molecular formula is C30H21Br2ClN4O2S. The van der Waals surface area contributed by atoms with Gasteiger partial charge in [0.2, 0.25) is 0 Å². The lowest BCUT2D eigenvalue weighted by Crippen LogP contribution is -2.17. The molecule has 0 aliphatic heterocycles. The van der Waals surface area contributed by atoms with Crippen LogP contribution in [-0.4, -0.2) is 17.1 Å². The molecule has 0 saturated heterocycles. The summed E-state index contributed by atoms with van der Waals surface area (Å²) in [6.45, 7) is 0.456. The third kappa shape index (κ3) is 7.57. The van der Waals surface area contributed by atoms with Crippen LogP contribution in [0.4, 0.5) is 10.8 Å². The molecule has 0 atom stereocenters. The van der Waals surface area contributed by atoms with Crippen LogP contribution in [0.1, 0.15) is 21.5 Å². The maximum Gasteiger partial charge on any atom is 0.271 e. The third-order valence-electron chi connectivity index (χ3n) is 5.69. The number of hydrogen-bond donors (Lipinski definition) is 2. The molecule has 0 unspecified atom stereocenters. The molecule has 0 fully saturated rings. The van der Waals surface area contributed by atoms with Crippen molar-refractivity contribution in [3.8, 4) is 17.0 Å². The molecule has 0 aliphatic rings. The smallest absolute Gasteiger partial charge is 0.271 e. The highest BCUT2D eigenvalue weighted by atomic mass is 79.9. The highest BCUT2D eigenvalue weighted by Gasteiger charge is 2.09. The Bertz CT molecular complexity index is 1640. The maximum atomic E-state index is 12.6. The summed E-state index contributed by atoms with van der Waals surface area (Å²) in [5.74, 6) is 0.414. The van der Waals surface area contributed by atoms with E-state index in [2.05, 4.69) is 52.7 Å². The van der Waals surface area contributed by atoms with Crippen molar-refractivity contribution in [2.24, 2.45) is 5.10 Å². The second kappa shape index (κ2) is 13.2. The van der Waals surface area contributed by atoms with Gasteiger partial charge in [-0.3, -0.25) is 4.79 Å². The van der Waals surface area contributed by atoms with E-state index in [1.54, 1.807) is 18.3 Å². The normalized spacial score (nSPS) is 11.0. The number of carbonyl (C=O) groups is 1. The fraction of sp³-hybridized carbons (Fsp3) is 0.0333. The van der Waals surface area contributed by atoms with E-state index in [1.807, 2.05) is 84.2 Å². The molecular weight excluding hydrogens is 676 g/mol. The minimum Gasteiger partial charge on any atom is -0.488 e. The van der Waals surface area contributed by atoms with Crippen molar-refractivity contribution in [3.05, 3.63) is 127 Å². The predicted molar refractivity (Wildman–Crippen MR) is 170 cm³/mol. The van der Waals surface area contributed by atoms with Crippen LogP contribution < -0.4 is 15.5 Å². The first kappa shape index (κ1) is 28.0. The van der Waals surface area contributed by atoms with Gasteiger partial charge in [0.05, 0.1) is 16.4 Å². The summed E-state index contributed by atoms with van der Waals surface area (Å²) in [6.07, 6.45) is 1.58. The number of nitrogens with one attached hydrogen (secondary N) is 2. The summed E-state index contributed by atoms with van der Waals surface area (Å²) in [5, 5.41) is 10.8. The first-order chi connectivity index (χ1) is 19.4. The van der Waals surface area contributed by atoms with Crippen molar-refractivity contribution in [2.75, 3.05) is 5.32 Å². The van der Waals surface area contributed by atoms with Gasteiger partial charge in [0.1, 0.15) is 12.4 Å². The highest BCUT2D eigenvalue weighted by Crippen LogP contribution is 2.28. The van der Waals surface area contributed by atoms with Crippen LogP contribution in [0.15, 0.2) is 110 Å². The lowest BCUT2D eigenvalue weighted by molar-refractivity contribution is 0.0955. The van der Waals surface area contributed by atoms with Crippen LogP contribution in [-0.2, 0) is 6.61 Å². The SMILES string of the molecule is O=C(N/N=C\c1ccc(OCc2ccc(Br)cc2)c(Br)c1)c1ccc(-c2csc(Nc3ccc(Cl)cc3)n2)cc1. The number of nitrogens with zero attached hydrogens (tertiary/aromatic N) is 2. The number of halogens is 3. The van der Waals surface area contributed by atoms with Crippen LogP contribution in [0.3, 0.4) is 0 Å². The topological polar surface area (TPSA) is 75.6 Å². The molecule has 1 heterocycles. The molecule has 40 heavy (non-hydrogen) atoms. The molecule has 6 nitrogen and oxygen atoms in total. The van der Waals surface area contributed by atoms with Gasteiger partial charge >= 0.3 is 0 Å². The average molecular weight is 697 g/mol. The fourth-order valence-corrected chi connectivity index (χ4v) is 5.24. The first-order valence-electron chi connectivity index (χ1n) is 12.0. The number of hydrogen-bond acceptors (Lipinski definition) is 6. The molecule has 5 aromatic rings. The van der Waals surface area contributed by atoms with Gasteiger partial charge in [-0.1, -0.05) is 51.8 Å². The second-order valence-electron chi connectivity index (χ2n) is 8.55. The molecule has 2 N–H and O–H groups in total. The number of aromatic nitrogens is 1. The maximum absolute atomic E-state index is 12.6. The van der Waals surface area contributed by atoms with E-state index < -0.39 is 0 Å². The van der Waals surface area contributed by atoms with Gasteiger partial charge in [-0.25, -0.2) is 10.4 Å². The number of carbonyl (C=O) groups excluding carboxylic acids is 1. The molecule has 1 amide bonds. The average Bonchev–Trinajstić information content (AvgIpc) is 3.43. The standard InChI is InChI=1S/C30H21Br2ClN4O2S/c31-23-8-1-19(2-9-23)17-39-28-14-3-20(15-26(28)32)16-34-37-29(38)22-6-4-21(5-7-22)27-18-40-30(36-27)35-25-12-10-24(33)11-13-25/h1-16,18H,17H2,(H,35,36)(H,37,38)/b34-16-. The summed E-state index contributed by atoms with van der Waals surface area (Å²) < 4.78 is 7.73. The van der Waals surface area contributed by atoms with Crippen molar-refractivity contribution in [1.82, 2.24) is 10.4 Å². The Balaban J connectivity index is 1.14. The summed E-state index contributed by atoms with van der Waals surface area (Å²) in [6, 6.07) is 28.3. The zero-order valence-corrected chi connectivity index (χ0v) is 25.5. The van der Waals surface area contributed by atoms with Gasteiger partial charge < -0.3 is 10.1 Å². The Labute approximate surface area is 257 Å². The predicted octanol–water partition coefficient (Wildman–Crippen LogP) is 9.07. The number of amides is 1. The van der Waals surface area contributed by atoms with Crippen molar-refractivity contribution in [2.45, 2.75) is 6.61 Å². The zero-order valence-electron chi connectivity index (χ0n) is 20.8. The Morgan fingerprint density at radius 3 is 2.45 bits per heavy atom. The van der Waals surface area contributed by atoms with E-state index >= 15 is 0 Å². The van der Waals surface area contributed by atoms with Gasteiger partial charge in [-0.15, -0.1) is 11.3 Å². The summed E-state index contributed by atoms with van der Waals surface area (Å²) >= 11 is 14.4. The van der Waals surface area contributed by atoms with Crippen LogP contribution in [0.2, 0.25) is 5.02 Å². The zero-order chi connectivity index (χ0) is 27.9. The molecule has 0 bridgehead atoms. The van der Waals surface area contributed by atoms with Crippen molar-refractivity contribution >= 4 is 77.7 Å². The Hall–Kier alpha value is -3.50. The number of anilines is 2. The number of hydrazone groups is 1. The van der Waals surface area contributed by atoms with E-state index in [0.29, 0.717) is 17.2 Å². The number of thiazole rings is 1. The van der Waals surface area contributed by atoms with Gasteiger partial charge in [0.15, 0.2) is 5.13 Å². The monoisotopic (exact) mass is 694 g/mol. The van der Waals surface area contributed by atoms with E-state index in [-0.39, 0.29) is 5.91 Å². The fourth-order valence-electron chi connectivity index (χ4n) is 3.60. The van der Waals surface area contributed by atoms with E-state index in [9.17, 15) is 4.79 Å². The molecule has 0 saturated carbocycles. The molecule has 0 radical (unpaired) electrons. The van der Waals surface area contributed by atoms with Crippen LogP contribution in [0, 0.1) is 0 Å². The van der Waals surface area contributed by atoms with Crippen molar-refractivity contribution in [1.29, 1.82) is 0 Å². The van der Waals surface area contributed by atoms with Crippen LogP contribution >= 0.6 is 54.8 Å².